The molecule has 1 aliphatic heterocycles. The SMILES string of the molecule is COc1cc2c(cc1OC)CN(C(=O)COC(=O)c1cc(C)n(-c3ccc(F)cc3)c1C)CC2. The summed E-state index contributed by atoms with van der Waals surface area (Å²) in [4.78, 5) is 27.2. The average Bonchev–Trinajstić information content (AvgIpc) is 3.15. The lowest BCUT2D eigenvalue weighted by molar-refractivity contribution is -0.135. The number of methoxy groups -OCH3 is 2. The number of esters is 1. The Morgan fingerprint density at radius 3 is 2.26 bits per heavy atom. The number of halogens is 1. The minimum Gasteiger partial charge on any atom is -0.493 e. The van der Waals surface area contributed by atoms with Crippen LogP contribution in [0.1, 0.15) is 32.9 Å². The predicted octanol–water partition coefficient (Wildman–Crippen LogP) is 3.99. The Kier molecular flexibility index (Phi) is 6.58. The van der Waals surface area contributed by atoms with Gasteiger partial charge in [0.1, 0.15) is 5.82 Å². The third-order valence-corrected chi connectivity index (χ3v) is 6.13. The number of benzene rings is 2. The van der Waals surface area contributed by atoms with Gasteiger partial charge in [0.05, 0.1) is 19.8 Å². The summed E-state index contributed by atoms with van der Waals surface area (Å²) in [5.41, 5.74) is 4.66. The molecule has 0 saturated carbocycles. The Balaban J connectivity index is 1.43. The standard InChI is InChI=1S/C26H27FN2O5/c1-16-11-22(17(2)29(16)21-7-5-20(27)6-8-21)26(31)34-15-25(30)28-10-9-18-12-23(32-3)24(33-4)13-19(18)14-28/h5-8,11-13H,9-10,14-15H2,1-4H3. The molecule has 0 atom stereocenters. The van der Waals surface area contributed by atoms with E-state index in [9.17, 15) is 14.0 Å². The minimum absolute atomic E-state index is 0.263. The number of ether oxygens (including phenoxy) is 3. The molecule has 1 aliphatic rings. The van der Waals surface area contributed by atoms with E-state index >= 15 is 0 Å². The van der Waals surface area contributed by atoms with E-state index in [1.807, 2.05) is 23.6 Å². The summed E-state index contributed by atoms with van der Waals surface area (Å²) in [5, 5.41) is 0. The fourth-order valence-electron chi connectivity index (χ4n) is 4.35. The van der Waals surface area contributed by atoms with Crippen LogP contribution in [0.5, 0.6) is 11.5 Å². The molecule has 0 N–H and O–H groups in total. The third kappa shape index (κ3) is 4.48. The summed E-state index contributed by atoms with van der Waals surface area (Å²) in [6.07, 6.45) is 0.675. The Bertz CT molecular complexity index is 1230. The highest BCUT2D eigenvalue weighted by Crippen LogP contribution is 2.33. The van der Waals surface area contributed by atoms with Gasteiger partial charge in [-0.3, -0.25) is 4.79 Å². The molecule has 4 rings (SSSR count). The number of carbonyl (C=O) groups excluding carboxylic acids is 2. The second-order valence-corrected chi connectivity index (χ2v) is 8.21. The normalized spacial score (nSPS) is 12.8. The van der Waals surface area contributed by atoms with E-state index in [0.29, 0.717) is 42.3 Å². The van der Waals surface area contributed by atoms with Crippen LogP contribution in [0.25, 0.3) is 5.69 Å². The van der Waals surface area contributed by atoms with Crippen molar-refractivity contribution in [2.24, 2.45) is 0 Å². The van der Waals surface area contributed by atoms with Gasteiger partial charge in [-0.1, -0.05) is 0 Å². The molecule has 2 aromatic carbocycles. The molecule has 178 valence electrons. The highest BCUT2D eigenvalue weighted by molar-refractivity contribution is 5.93. The van der Waals surface area contributed by atoms with Gasteiger partial charge in [-0.05, 0) is 73.9 Å². The zero-order chi connectivity index (χ0) is 24.4. The summed E-state index contributed by atoms with van der Waals surface area (Å²) in [5.74, 6) is 0.105. The number of hydrogen-bond donors (Lipinski definition) is 0. The molecule has 2 heterocycles. The van der Waals surface area contributed by atoms with Gasteiger partial charge in [0.15, 0.2) is 18.1 Å². The van der Waals surface area contributed by atoms with E-state index in [-0.39, 0.29) is 18.3 Å². The number of aromatic nitrogens is 1. The van der Waals surface area contributed by atoms with Gasteiger partial charge in [0.2, 0.25) is 0 Å². The third-order valence-electron chi connectivity index (χ3n) is 6.13. The molecule has 0 bridgehead atoms. The monoisotopic (exact) mass is 466 g/mol. The minimum atomic E-state index is -0.571. The van der Waals surface area contributed by atoms with Gasteiger partial charge in [-0.25, -0.2) is 9.18 Å². The zero-order valence-corrected chi connectivity index (χ0v) is 19.7. The molecular weight excluding hydrogens is 439 g/mol. The number of amides is 1. The molecule has 0 spiro atoms. The zero-order valence-electron chi connectivity index (χ0n) is 19.7. The first-order valence-corrected chi connectivity index (χ1v) is 11.0. The van der Waals surface area contributed by atoms with Crippen molar-refractivity contribution >= 4 is 11.9 Å². The van der Waals surface area contributed by atoms with Gasteiger partial charge in [-0.15, -0.1) is 0 Å². The maximum Gasteiger partial charge on any atom is 0.340 e. The fraction of sp³-hybridized carbons (Fsp3) is 0.308. The van der Waals surface area contributed by atoms with Crippen molar-refractivity contribution in [2.75, 3.05) is 27.4 Å². The smallest absolute Gasteiger partial charge is 0.340 e. The first-order chi connectivity index (χ1) is 16.3. The van der Waals surface area contributed by atoms with Gasteiger partial charge in [0.25, 0.3) is 5.91 Å². The first-order valence-electron chi connectivity index (χ1n) is 11.0. The van der Waals surface area contributed by atoms with E-state index in [4.69, 9.17) is 14.2 Å². The summed E-state index contributed by atoms with van der Waals surface area (Å²) >= 11 is 0. The molecule has 0 saturated heterocycles. The van der Waals surface area contributed by atoms with Crippen molar-refractivity contribution in [3.05, 3.63) is 76.4 Å². The largest absolute Gasteiger partial charge is 0.493 e. The van der Waals surface area contributed by atoms with Crippen molar-refractivity contribution in [1.29, 1.82) is 0 Å². The van der Waals surface area contributed by atoms with Crippen LogP contribution in [0.15, 0.2) is 42.5 Å². The topological polar surface area (TPSA) is 70.0 Å². The Labute approximate surface area is 197 Å². The van der Waals surface area contributed by atoms with Crippen molar-refractivity contribution in [2.45, 2.75) is 26.8 Å². The van der Waals surface area contributed by atoms with Crippen LogP contribution in [-0.4, -0.2) is 48.7 Å². The van der Waals surface area contributed by atoms with E-state index in [0.717, 1.165) is 22.5 Å². The molecule has 0 radical (unpaired) electrons. The van der Waals surface area contributed by atoms with Crippen LogP contribution in [0.2, 0.25) is 0 Å². The van der Waals surface area contributed by atoms with E-state index in [2.05, 4.69) is 0 Å². The van der Waals surface area contributed by atoms with Gasteiger partial charge in [-0.2, -0.15) is 0 Å². The summed E-state index contributed by atoms with van der Waals surface area (Å²) in [6, 6.07) is 11.6. The second kappa shape index (κ2) is 9.59. The van der Waals surface area contributed by atoms with Crippen molar-refractivity contribution < 1.29 is 28.2 Å². The first kappa shape index (κ1) is 23.4. The fourth-order valence-corrected chi connectivity index (χ4v) is 4.35. The Morgan fingerprint density at radius 1 is 0.971 bits per heavy atom. The Hall–Kier alpha value is -3.81. The van der Waals surface area contributed by atoms with E-state index in [1.165, 1.54) is 12.1 Å². The lowest BCUT2D eigenvalue weighted by atomic mass is 9.99. The molecule has 1 amide bonds. The maximum absolute atomic E-state index is 13.3. The average molecular weight is 467 g/mol. The van der Waals surface area contributed by atoms with Crippen molar-refractivity contribution in [3.8, 4) is 17.2 Å². The molecule has 7 nitrogen and oxygen atoms in total. The lowest BCUT2D eigenvalue weighted by Crippen LogP contribution is -2.38. The van der Waals surface area contributed by atoms with Crippen LogP contribution in [-0.2, 0) is 22.5 Å². The van der Waals surface area contributed by atoms with Gasteiger partial charge < -0.3 is 23.7 Å². The quantitative estimate of drug-likeness (QED) is 0.514. The van der Waals surface area contributed by atoms with Crippen LogP contribution in [0.4, 0.5) is 4.39 Å². The summed E-state index contributed by atoms with van der Waals surface area (Å²) < 4.78 is 31.2. The molecule has 0 fully saturated rings. The molecule has 0 aliphatic carbocycles. The number of fused-ring (bicyclic) bond motifs is 1. The lowest BCUT2D eigenvalue weighted by Gasteiger charge is -2.29. The highest BCUT2D eigenvalue weighted by Gasteiger charge is 2.25. The molecule has 8 heteroatoms. The number of aryl methyl sites for hydroxylation is 1. The Morgan fingerprint density at radius 2 is 1.62 bits per heavy atom. The van der Waals surface area contributed by atoms with Crippen LogP contribution >= 0.6 is 0 Å². The second-order valence-electron chi connectivity index (χ2n) is 8.21. The van der Waals surface area contributed by atoms with Gasteiger partial charge in [0, 0.05) is 30.2 Å². The molecule has 0 unspecified atom stereocenters. The summed E-state index contributed by atoms with van der Waals surface area (Å²) in [6.45, 7) is 4.23. The molecule has 34 heavy (non-hydrogen) atoms. The number of hydrogen-bond acceptors (Lipinski definition) is 5. The van der Waals surface area contributed by atoms with Crippen LogP contribution in [0.3, 0.4) is 0 Å². The molecule has 3 aromatic rings. The number of nitrogens with zero attached hydrogens (tertiary/aromatic N) is 2. The van der Waals surface area contributed by atoms with Crippen LogP contribution < -0.4 is 9.47 Å². The molecule has 1 aromatic heterocycles. The number of rotatable bonds is 6. The van der Waals surface area contributed by atoms with Crippen molar-refractivity contribution in [1.82, 2.24) is 9.47 Å². The molecular formula is C26H27FN2O5. The van der Waals surface area contributed by atoms with E-state index in [1.54, 1.807) is 44.2 Å². The van der Waals surface area contributed by atoms with E-state index < -0.39 is 5.97 Å². The highest BCUT2D eigenvalue weighted by atomic mass is 19.1. The van der Waals surface area contributed by atoms with Crippen LogP contribution in [0, 0.1) is 19.7 Å². The van der Waals surface area contributed by atoms with Gasteiger partial charge >= 0.3 is 5.97 Å². The maximum atomic E-state index is 13.3. The predicted molar refractivity (Wildman–Crippen MR) is 124 cm³/mol. The van der Waals surface area contributed by atoms with Crippen molar-refractivity contribution in [3.63, 3.8) is 0 Å². The summed E-state index contributed by atoms with van der Waals surface area (Å²) in [7, 11) is 3.16. The number of carbonyl (C=O) groups is 2.